The molecule has 0 amide bonds. The standard InChI is InChI=1S/C11H18O3/c1-2-14-11(13)9-5-7-3-4-8(6-9)10(7)12/h7-10,12H,2-6H2,1H3/t7-,8-,9?,10?/m0/s1. The van der Waals surface area contributed by atoms with E-state index in [2.05, 4.69) is 0 Å². The second-order valence-corrected chi connectivity index (χ2v) is 4.51. The molecule has 0 radical (unpaired) electrons. The average molecular weight is 198 g/mol. The van der Waals surface area contributed by atoms with E-state index in [0.29, 0.717) is 18.4 Å². The van der Waals surface area contributed by atoms with Crippen LogP contribution in [0.3, 0.4) is 0 Å². The fourth-order valence-corrected chi connectivity index (χ4v) is 2.95. The van der Waals surface area contributed by atoms with Gasteiger partial charge in [0.15, 0.2) is 0 Å². The van der Waals surface area contributed by atoms with Crippen molar-refractivity contribution >= 4 is 5.97 Å². The number of hydrogen-bond donors (Lipinski definition) is 1. The van der Waals surface area contributed by atoms with Crippen LogP contribution in [0.5, 0.6) is 0 Å². The van der Waals surface area contributed by atoms with E-state index in [1.165, 1.54) is 0 Å². The third-order valence-corrected chi connectivity index (χ3v) is 3.67. The van der Waals surface area contributed by atoms with E-state index in [-0.39, 0.29) is 18.0 Å². The summed E-state index contributed by atoms with van der Waals surface area (Å²) in [5, 5.41) is 9.79. The molecule has 2 bridgehead atoms. The first-order valence-electron chi connectivity index (χ1n) is 5.57. The molecule has 0 aromatic carbocycles. The molecule has 2 atom stereocenters. The maximum Gasteiger partial charge on any atom is 0.308 e. The summed E-state index contributed by atoms with van der Waals surface area (Å²) in [5.41, 5.74) is 0. The van der Waals surface area contributed by atoms with Crippen LogP contribution in [-0.4, -0.2) is 23.8 Å². The monoisotopic (exact) mass is 198 g/mol. The molecule has 0 aliphatic heterocycles. The van der Waals surface area contributed by atoms with E-state index in [1.54, 1.807) is 0 Å². The largest absolute Gasteiger partial charge is 0.466 e. The first-order valence-corrected chi connectivity index (χ1v) is 5.57. The fourth-order valence-electron chi connectivity index (χ4n) is 2.95. The van der Waals surface area contributed by atoms with Gasteiger partial charge in [-0.3, -0.25) is 4.79 Å². The third-order valence-electron chi connectivity index (χ3n) is 3.67. The first-order chi connectivity index (χ1) is 6.72. The van der Waals surface area contributed by atoms with Crippen molar-refractivity contribution in [3.63, 3.8) is 0 Å². The lowest BCUT2D eigenvalue weighted by atomic mass is 9.79. The molecule has 2 saturated carbocycles. The van der Waals surface area contributed by atoms with E-state index in [9.17, 15) is 9.90 Å². The van der Waals surface area contributed by atoms with Gasteiger partial charge >= 0.3 is 5.97 Å². The maximum atomic E-state index is 11.5. The van der Waals surface area contributed by atoms with Crippen LogP contribution in [0.15, 0.2) is 0 Å². The van der Waals surface area contributed by atoms with Crippen molar-refractivity contribution in [1.82, 2.24) is 0 Å². The SMILES string of the molecule is CCOC(=O)C1C[C@@H]2CC[C@@H](C1)C2O. The van der Waals surface area contributed by atoms with E-state index < -0.39 is 0 Å². The molecule has 0 unspecified atom stereocenters. The fraction of sp³-hybridized carbons (Fsp3) is 0.909. The third kappa shape index (κ3) is 1.65. The minimum Gasteiger partial charge on any atom is -0.466 e. The van der Waals surface area contributed by atoms with Crippen molar-refractivity contribution in [2.24, 2.45) is 17.8 Å². The first kappa shape index (κ1) is 9.97. The van der Waals surface area contributed by atoms with E-state index in [1.807, 2.05) is 6.92 Å². The normalized spacial score (nSPS) is 41.0. The summed E-state index contributed by atoms with van der Waals surface area (Å²) in [6, 6.07) is 0. The lowest BCUT2D eigenvalue weighted by molar-refractivity contribution is -0.151. The molecule has 2 rings (SSSR count). The summed E-state index contributed by atoms with van der Waals surface area (Å²) in [6.07, 6.45) is 3.68. The zero-order valence-corrected chi connectivity index (χ0v) is 8.61. The van der Waals surface area contributed by atoms with Crippen molar-refractivity contribution in [3.8, 4) is 0 Å². The van der Waals surface area contributed by atoms with E-state index in [4.69, 9.17) is 4.74 Å². The van der Waals surface area contributed by atoms with Crippen molar-refractivity contribution < 1.29 is 14.6 Å². The van der Waals surface area contributed by atoms with E-state index >= 15 is 0 Å². The molecule has 14 heavy (non-hydrogen) atoms. The number of hydrogen-bond acceptors (Lipinski definition) is 3. The zero-order chi connectivity index (χ0) is 10.1. The summed E-state index contributed by atoms with van der Waals surface area (Å²) in [7, 11) is 0. The molecule has 2 aliphatic carbocycles. The van der Waals surface area contributed by atoms with Crippen molar-refractivity contribution in [2.45, 2.75) is 38.7 Å². The summed E-state index contributed by atoms with van der Waals surface area (Å²) < 4.78 is 5.02. The number of carbonyl (C=O) groups excluding carboxylic acids is 1. The number of carbonyl (C=O) groups is 1. The molecule has 0 heterocycles. The van der Waals surface area contributed by atoms with Crippen LogP contribution in [0, 0.1) is 17.8 Å². The van der Waals surface area contributed by atoms with Crippen molar-refractivity contribution in [3.05, 3.63) is 0 Å². The minimum atomic E-state index is -0.152. The van der Waals surface area contributed by atoms with Gasteiger partial charge in [0.1, 0.15) is 0 Å². The molecule has 0 aromatic heterocycles. The summed E-state index contributed by atoms with van der Waals surface area (Å²) >= 11 is 0. The van der Waals surface area contributed by atoms with Gasteiger partial charge in [0.05, 0.1) is 18.6 Å². The Morgan fingerprint density at radius 3 is 2.43 bits per heavy atom. The van der Waals surface area contributed by atoms with Gasteiger partial charge < -0.3 is 9.84 Å². The number of ether oxygens (including phenoxy) is 1. The smallest absolute Gasteiger partial charge is 0.308 e. The second-order valence-electron chi connectivity index (χ2n) is 4.51. The highest BCUT2D eigenvalue weighted by molar-refractivity contribution is 5.72. The van der Waals surface area contributed by atoms with Gasteiger partial charge in [-0.05, 0) is 44.4 Å². The summed E-state index contributed by atoms with van der Waals surface area (Å²) in [4.78, 5) is 11.5. The number of aliphatic hydroxyl groups is 1. The Morgan fingerprint density at radius 2 is 1.93 bits per heavy atom. The van der Waals surface area contributed by atoms with Gasteiger partial charge in [-0.1, -0.05) is 0 Å². The molecule has 3 heteroatoms. The molecule has 2 fully saturated rings. The van der Waals surface area contributed by atoms with Crippen LogP contribution >= 0.6 is 0 Å². The van der Waals surface area contributed by atoms with Crippen LogP contribution in [0.25, 0.3) is 0 Å². The predicted molar refractivity (Wildman–Crippen MR) is 51.6 cm³/mol. The molecule has 80 valence electrons. The van der Waals surface area contributed by atoms with Gasteiger partial charge in [0.25, 0.3) is 0 Å². The molecular weight excluding hydrogens is 180 g/mol. The van der Waals surface area contributed by atoms with Crippen LogP contribution in [0.1, 0.15) is 32.6 Å². The Hall–Kier alpha value is -0.570. The van der Waals surface area contributed by atoms with Gasteiger partial charge in [-0.15, -0.1) is 0 Å². The molecular formula is C11H18O3. The van der Waals surface area contributed by atoms with Crippen LogP contribution in [0.4, 0.5) is 0 Å². The van der Waals surface area contributed by atoms with Crippen LogP contribution in [-0.2, 0) is 9.53 Å². The Kier molecular flexibility index (Phi) is 2.77. The predicted octanol–water partition coefficient (Wildman–Crippen LogP) is 1.35. The molecule has 2 aliphatic rings. The number of fused-ring (bicyclic) bond motifs is 2. The second kappa shape index (κ2) is 3.89. The van der Waals surface area contributed by atoms with Crippen molar-refractivity contribution in [2.75, 3.05) is 6.61 Å². The number of aliphatic hydroxyl groups excluding tert-OH is 1. The van der Waals surface area contributed by atoms with Gasteiger partial charge in [0, 0.05) is 0 Å². The molecule has 0 saturated heterocycles. The van der Waals surface area contributed by atoms with Crippen LogP contribution < -0.4 is 0 Å². The highest BCUT2D eigenvalue weighted by Gasteiger charge is 2.44. The van der Waals surface area contributed by atoms with Gasteiger partial charge in [0.2, 0.25) is 0 Å². The molecule has 3 nitrogen and oxygen atoms in total. The lowest BCUT2D eigenvalue weighted by Crippen LogP contribution is -2.34. The molecule has 0 aromatic rings. The van der Waals surface area contributed by atoms with Gasteiger partial charge in [-0.2, -0.15) is 0 Å². The van der Waals surface area contributed by atoms with E-state index in [0.717, 1.165) is 25.7 Å². The lowest BCUT2D eigenvalue weighted by Gasteiger charge is -2.30. The number of esters is 1. The zero-order valence-electron chi connectivity index (χ0n) is 8.61. The minimum absolute atomic E-state index is 0.0517. The average Bonchev–Trinajstić information content (AvgIpc) is 2.42. The quantitative estimate of drug-likeness (QED) is 0.681. The van der Waals surface area contributed by atoms with Gasteiger partial charge in [-0.25, -0.2) is 0 Å². The highest BCUT2D eigenvalue weighted by atomic mass is 16.5. The Labute approximate surface area is 84.4 Å². The Bertz CT molecular complexity index is 213. The maximum absolute atomic E-state index is 11.5. The van der Waals surface area contributed by atoms with Crippen molar-refractivity contribution in [1.29, 1.82) is 0 Å². The highest BCUT2D eigenvalue weighted by Crippen LogP contribution is 2.45. The molecule has 0 spiro atoms. The molecule has 1 N–H and O–H groups in total. The Balaban J connectivity index is 1.95. The summed E-state index contributed by atoms with van der Waals surface area (Å²) in [6.45, 7) is 2.30. The van der Waals surface area contributed by atoms with Crippen LogP contribution in [0.2, 0.25) is 0 Å². The topological polar surface area (TPSA) is 46.5 Å². The summed E-state index contributed by atoms with van der Waals surface area (Å²) in [5.74, 6) is 0.693. The number of rotatable bonds is 2. The Morgan fingerprint density at radius 1 is 1.36 bits per heavy atom.